The van der Waals surface area contributed by atoms with Crippen molar-refractivity contribution in [1.82, 2.24) is 4.98 Å². The zero-order valence-electron chi connectivity index (χ0n) is 11.9. The molecule has 108 valence electrons. The van der Waals surface area contributed by atoms with E-state index >= 15 is 0 Å². The monoisotopic (exact) mass is 291 g/mol. The molecule has 22 heavy (non-hydrogen) atoms. The van der Waals surface area contributed by atoms with E-state index in [0.29, 0.717) is 11.1 Å². The number of hydrogen-bond donors (Lipinski definition) is 0. The second-order valence-electron chi connectivity index (χ2n) is 4.76. The molecule has 0 aliphatic rings. The number of hydrogen-bond acceptors (Lipinski definition) is 4. The first-order valence-electron chi connectivity index (χ1n) is 6.78. The van der Waals surface area contributed by atoms with Crippen molar-refractivity contribution in [3.8, 4) is 0 Å². The van der Waals surface area contributed by atoms with Crippen molar-refractivity contribution in [2.75, 3.05) is 7.11 Å². The van der Waals surface area contributed by atoms with Gasteiger partial charge in [-0.3, -0.25) is 4.79 Å². The van der Waals surface area contributed by atoms with Crippen LogP contribution < -0.4 is 0 Å². The summed E-state index contributed by atoms with van der Waals surface area (Å²) in [4.78, 5) is 29.0. The summed E-state index contributed by atoms with van der Waals surface area (Å²) in [5.41, 5.74) is 1.43. The van der Waals surface area contributed by atoms with E-state index < -0.39 is 5.97 Å². The predicted octanol–water partition coefficient (Wildman–Crippen LogP) is 3.25. The lowest BCUT2D eigenvalue weighted by molar-refractivity contribution is 0.0591. The minimum Gasteiger partial charge on any atom is -0.464 e. The number of pyridine rings is 1. The van der Waals surface area contributed by atoms with Gasteiger partial charge < -0.3 is 4.74 Å². The molecule has 0 aliphatic carbocycles. The zero-order valence-corrected chi connectivity index (χ0v) is 11.9. The quantitative estimate of drug-likeness (QED) is 0.549. The van der Waals surface area contributed by atoms with Gasteiger partial charge in [-0.05, 0) is 12.1 Å². The first-order valence-corrected chi connectivity index (χ1v) is 6.78. The molecule has 0 atom stereocenters. The van der Waals surface area contributed by atoms with E-state index in [1.54, 1.807) is 36.4 Å². The maximum atomic E-state index is 12.7. The third kappa shape index (κ3) is 2.46. The first kappa shape index (κ1) is 13.9. The van der Waals surface area contributed by atoms with Crippen molar-refractivity contribution in [2.24, 2.45) is 0 Å². The van der Waals surface area contributed by atoms with Crippen LogP contribution in [0.25, 0.3) is 10.9 Å². The molecular formula is C18H13NO3. The second-order valence-corrected chi connectivity index (χ2v) is 4.76. The molecule has 0 bridgehead atoms. The van der Waals surface area contributed by atoms with Crippen molar-refractivity contribution in [3.63, 3.8) is 0 Å². The Hall–Kier alpha value is -3.01. The number of methoxy groups -OCH3 is 1. The average molecular weight is 291 g/mol. The van der Waals surface area contributed by atoms with Gasteiger partial charge in [0.05, 0.1) is 18.2 Å². The van der Waals surface area contributed by atoms with Gasteiger partial charge in [-0.25, -0.2) is 9.78 Å². The van der Waals surface area contributed by atoms with Gasteiger partial charge in [0.15, 0.2) is 11.5 Å². The number of fused-ring (bicyclic) bond motifs is 1. The van der Waals surface area contributed by atoms with Crippen LogP contribution in [0.15, 0.2) is 60.7 Å². The highest BCUT2D eigenvalue weighted by molar-refractivity contribution is 6.15. The summed E-state index contributed by atoms with van der Waals surface area (Å²) in [6.45, 7) is 0. The van der Waals surface area contributed by atoms with Crippen LogP contribution in [0.4, 0.5) is 0 Å². The van der Waals surface area contributed by atoms with E-state index in [1.807, 2.05) is 24.3 Å². The average Bonchev–Trinajstić information content (AvgIpc) is 2.60. The normalized spacial score (nSPS) is 10.4. The van der Waals surface area contributed by atoms with Crippen molar-refractivity contribution in [1.29, 1.82) is 0 Å². The summed E-state index contributed by atoms with van der Waals surface area (Å²) in [6, 6.07) is 17.8. The summed E-state index contributed by atoms with van der Waals surface area (Å²) in [6.07, 6.45) is 0. The highest BCUT2D eigenvalue weighted by Crippen LogP contribution is 2.20. The number of ether oxygens (including phenoxy) is 1. The first-order chi connectivity index (χ1) is 10.7. The van der Waals surface area contributed by atoms with Crippen LogP contribution in [0.5, 0.6) is 0 Å². The molecule has 3 aromatic rings. The number of carbonyl (C=O) groups excluding carboxylic acids is 2. The zero-order chi connectivity index (χ0) is 15.5. The Morgan fingerprint density at radius 2 is 1.64 bits per heavy atom. The molecule has 0 fully saturated rings. The van der Waals surface area contributed by atoms with Crippen LogP contribution in [-0.4, -0.2) is 23.8 Å². The Kier molecular flexibility index (Phi) is 3.66. The molecule has 0 aliphatic heterocycles. The van der Waals surface area contributed by atoms with Gasteiger partial charge in [0.1, 0.15) is 0 Å². The standard InChI is InChI=1S/C18H13NO3/c1-22-18(21)16-14(17(20)12-7-3-2-4-8-12)11-13-9-5-6-10-15(13)19-16/h2-11H,1H3. The molecule has 0 saturated heterocycles. The van der Waals surface area contributed by atoms with E-state index in [4.69, 9.17) is 4.74 Å². The summed E-state index contributed by atoms with van der Waals surface area (Å²) < 4.78 is 4.76. The van der Waals surface area contributed by atoms with Crippen LogP contribution in [-0.2, 0) is 4.74 Å². The Labute approximate surface area is 127 Å². The van der Waals surface area contributed by atoms with E-state index in [-0.39, 0.29) is 17.0 Å². The third-order valence-electron chi connectivity index (χ3n) is 3.38. The number of ketones is 1. The highest BCUT2D eigenvalue weighted by Gasteiger charge is 2.21. The molecule has 1 heterocycles. The van der Waals surface area contributed by atoms with Crippen molar-refractivity contribution in [3.05, 3.63) is 77.5 Å². The van der Waals surface area contributed by atoms with Crippen molar-refractivity contribution in [2.45, 2.75) is 0 Å². The summed E-state index contributed by atoms with van der Waals surface area (Å²) in [5, 5.41) is 0.800. The fourth-order valence-electron chi connectivity index (χ4n) is 2.29. The lowest BCUT2D eigenvalue weighted by atomic mass is 10.00. The van der Waals surface area contributed by atoms with Gasteiger partial charge in [-0.15, -0.1) is 0 Å². The van der Waals surface area contributed by atoms with Crippen LogP contribution in [0.1, 0.15) is 26.4 Å². The number of para-hydroxylation sites is 1. The molecule has 0 amide bonds. The summed E-state index contributed by atoms with van der Waals surface area (Å²) >= 11 is 0. The second kappa shape index (κ2) is 5.77. The number of nitrogens with zero attached hydrogens (tertiary/aromatic N) is 1. The molecule has 0 saturated carbocycles. The van der Waals surface area contributed by atoms with Gasteiger partial charge in [0.25, 0.3) is 0 Å². The van der Waals surface area contributed by atoms with Crippen LogP contribution in [0.3, 0.4) is 0 Å². The third-order valence-corrected chi connectivity index (χ3v) is 3.38. The fraction of sp³-hybridized carbons (Fsp3) is 0.0556. The minimum absolute atomic E-state index is 0.0371. The number of carbonyl (C=O) groups is 2. The topological polar surface area (TPSA) is 56.3 Å². The largest absolute Gasteiger partial charge is 0.464 e. The predicted molar refractivity (Wildman–Crippen MR) is 83.0 cm³/mol. The Morgan fingerprint density at radius 1 is 0.955 bits per heavy atom. The van der Waals surface area contributed by atoms with Gasteiger partial charge in [-0.1, -0.05) is 48.5 Å². The highest BCUT2D eigenvalue weighted by atomic mass is 16.5. The SMILES string of the molecule is COC(=O)c1nc2ccccc2cc1C(=O)c1ccccc1. The van der Waals surface area contributed by atoms with Gasteiger partial charge in [0.2, 0.25) is 0 Å². The van der Waals surface area contributed by atoms with Gasteiger partial charge in [-0.2, -0.15) is 0 Å². The number of esters is 1. The Morgan fingerprint density at radius 3 is 2.36 bits per heavy atom. The number of rotatable bonds is 3. The van der Waals surface area contributed by atoms with Crippen molar-refractivity contribution < 1.29 is 14.3 Å². The van der Waals surface area contributed by atoms with Crippen LogP contribution in [0.2, 0.25) is 0 Å². The van der Waals surface area contributed by atoms with Gasteiger partial charge in [0, 0.05) is 10.9 Å². The Balaban J connectivity index is 2.22. The maximum Gasteiger partial charge on any atom is 0.357 e. The molecule has 3 rings (SSSR count). The molecule has 1 aromatic heterocycles. The molecule has 0 spiro atoms. The van der Waals surface area contributed by atoms with Crippen LogP contribution >= 0.6 is 0 Å². The van der Waals surface area contributed by atoms with E-state index in [1.165, 1.54) is 7.11 Å². The summed E-state index contributed by atoms with van der Waals surface area (Å²) in [5.74, 6) is -0.871. The Bertz CT molecular complexity index is 857. The molecule has 4 nitrogen and oxygen atoms in total. The lowest BCUT2D eigenvalue weighted by Gasteiger charge is -2.08. The summed E-state index contributed by atoms with van der Waals surface area (Å²) in [7, 11) is 1.27. The molecule has 0 radical (unpaired) electrons. The molecule has 0 N–H and O–H groups in total. The fourth-order valence-corrected chi connectivity index (χ4v) is 2.29. The van der Waals surface area contributed by atoms with Crippen LogP contribution in [0, 0.1) is 0 Å². The minimum atomic E-state index is -0.620. The van der Waals surface area contributed by atoms with Crippen molar-refractivity contribution >= 4 is 22.7 Å². The van der Waals surface area contributed by atoms with E-state index in [2.05, 4.69) is 4.98 Å². The van der Waals surface area contributed by atoms with Gasteiger partial charge >= 0.3 is 5.97 Å². The molecule has 2 aromatic carbocycles. The number of benzene rings is 2. The molecular weight excluding hydrogens is 278 g/mol. The van der Waals surface area contributed by atoms with E-state index in [0.717, 1.165) is 5.39 Å². The number of aromatic nitrogens is 1. The maximum absolute atomic E-state index is 12.7. The molecule has 0 unspecified atom stereocenters. The lowest BCUT2D eigenvalue weighted by Crippen LogP contribution is -2.13. The van der Waals surface area contributed by atoms with E-state index in [9.17, 15) is 9.59 Å². The molecule has 4 heteroatoms. The smallest absolute Gasteiger partial charge is 0.357 e.